The van der Waals surface area contributed by atoms with Gasteiger partial charge in [0, 0.05) is 24.5 Å². The molecule has 1 aromatic carbocycles. The molecule has 3 rings (SSSR count). The first-order valence-corrected chi connectivity index (χ1v) is 7.21. The van der Waals surface area contributed by atoms with E-state index in [4.69, 9.17) is 0 Å². The number of nitrogens with zero attached hydrogens (tertiary/aromatic N) is 2. The van der Waals surface area contributed by atoms with E-state index in [1.54, 1.807) is 30.6 Å². The van der Waals surface area contributed by atoms with E-state index in [0.29, 0.717) is 29.9 Å². The molecule has 2 heterocycles. The van der Waals surface area contributed by atoms with Crippen LogP contribution in [-0.2, 0) is 6.42 Å². The summed E-state index contributed by atoms with van der Waals surface area (Å²) in [5.41, 5.74) is 2.11. The number of aromatic amines is 1. The third-order valence-corrected chi connectivity index (χ3v) is 3.39. The van der Waals surface area contributed by atoms with Crippen LogP contribution in [0.15, 0.2) is 54.9 Å². The van der Waals surface area contributed by atoms with Crippen LogP contribution < -0.4 is 5.32 Å². The Hall–Kier alpha value is -3.02. The van der Waals surface area contributed by atoms with Crippen LogP contribution in [0.1, 0.15) is 16.1 Å². The molecule has 0 aliphatic heterocycles. The average molecular weight is 310 g/mol. The summed E-state index contributed by atoms with van der Waals surface area (Å²) in [6, 6.07) is 11.7. The highest BCUT2D eigenvalue weighted by atomic mass is 19.1. The summed E-state index contributed by atoms with van der Waals surface area (Å²) < 4.78 is 13.7. The molecule has 0 radical (unpaired) electrons. The zero-order valence-electron chi connectivity index (χ0n) is 12.3. The third kappa shape index (κ3) is 3.60. The van der Waals surface area contributed by atoms with Crippen LogP contribution in [-0.4, -0.2) is 27.6 Å². The third-order valence-electron chi connectivity index (χ3n) is 3.39. The molecule has 0 fully saturated rings. The molecule has 2 N–H and O–H groups in total. The molecule has 0 spiro atoms. The van der Waals surface area contributed by atoms with Gasteiger partial charge in [-0.05, 0) is 36.2 Å². The zero-order chi connectivity index (χ0) is 16.1. The van der Waals surface area contributed by atoms with Crippen molar-refractivity contribution in [2.45, 2.75) is 6.42 Å². The van der Waals surface area contributed by atoms with Crippen molar-refractivity contribution < 1.29 is 9.18 Å². The van der Waals surface area contributed by atoms with Gasteiger partial charge in [-0.1, -0.05) is 18.2 Å². The Morgan fingerprint density at radius 1 is 1.22 bits per heavy atom. The van der Waals surface area contributed by atoms with E-state index in [1.165, 1.54) is 12.1 Å². The van der Waals surface area contributed by atoms with E-state index in [9.17, 15) is 9.18 Å². The molecule has 5 nitrogen and oxygen atoms in total. The number of nitrogens with one attached hydrogen (secondary N) is 2. The number of halogens is 1. The molecule has 0 atom stereocenters. The van der Waals surface area contributed by atoms with E-state index >= 15 is 0 Å². The highest BCUT2D eigenvalue weighted by molar-refractivity contribution is 5.93. The van der Waals surface area contributed by atoms with Gasteiger partial charge in [-0.3, -0.25) is 14.9 Å². The van der Waals surface area contributed by atoms with Crippen molar-refractivity contribution in [3.63, 3.8) is 0 Å². The van der Waals surface area contributed by atoms with Crippen LogP contribution in [0.3, 0.4) is 0 Å². The molecular formula is C17H15FN4O. The van der Waals surface area contributed by atoms with Crippen LogP contribution in [0.4, 0.5) is 4.39 Å². The number of carbonyl (C=O) groups is 1. The van der Waals surface area contributed by atoms with E-state index in [2.05, 4.69) is 20.5 Å². The van der Waals surface area contributed by atoms with E-state index in [-0.39, 0.29) is 11.7 Å². The molecule has 0 bridgehead atoms. The minimum Gasteiger partial charge on any atom is -0.350 e. The second-order valence-corrected chi connectivity index (χ2v) is 5.01. The van der Waals surface area contributed by atoms with Crippen molar-refractivity contribution in [1.29, 1.82) is 0 Å². The molecule has 23 heavy (non-hydrogen) atoms. The highest BCUT2D eigenvalue weighted by Gasteiger charge is 2.12. The lowest BCUT2D eigenvalue weighted by Crippen LogP contribution is -2.26. The molecule has 6 heteroatoms. The smallest absolute Gasteiger partial charge is 0.269 e. The summed E-state index contributed by atoms with van der Waals surface area (Å²) in [6.07, 6.45) is 4.16. The number of benzene rings is 1. The van der Waals surface area contributed by atoms with Gasteiger partial charge in [0.1, 0.15) is 11.5 Å². The summed E-state index contributed by atoms with van der Waals surface area (Å²) in [4.78, 5) is 16.1. The molecule has 1 amide bonds. The number of rotatable bonds is 5. The average Bonchev–Trinajstić information content (AvgIpc) is 3.06. The van der Waals surface area contributed by atoms with Crippen LogP contribution in [0.5, 0.6) is 0 Å². The molecule has 116 valence electrons. The minimum absolute atomic E-state index is 0.274. The first-order chi connectivity index (χ1) is 11.2. The second kappa shape index (κ2) is 6.83. The summed E-state index contributed by atoms with van der Waals surface area (Å²) >= 11 is 0. The highest BCUT2D eigenvalue weighted by Crippen LogP contribution is 2.20. The number of H-pyrrole nitrogens is 1. The second-order valence-electron chi connectivity index (χ2n) is 5.01. The first-order valence-electron chi connectivity index (χ1n) is 7.21. The number of aromatic nitrogens is 3. The van der Waals surface area contributed by atoms with Gasteiger partial charge in [-0.2, -0.15) is 5.10 Å². The zero-order valence-corrected chi connectivity index (χ0v) is 12.3. The fourth-order valence-electron chi connectivity index (χ4n) is 2.21. The number of hydrogen-bond acceptors (Lipinski definition) is 3. The van der Waals surface area contributed by atoms with Crippen molar-refractivity contribution in [2.24, 2.45) is 0 Å². The quantitative estimate of drug-likeness (QED) is 0.761. The maximum atomic E-state index is 13.7. The topological polar surface area (TPSA) is 70.7 Å². The van der Waals surface area contributed by atoms with Gasteiger partial charge in [0.25, 0.3) is 5.91 Å². The van der Waals surface area contributed by atoms with Gasteiger partial charge >= 0.3 is 0 Å². The Morgan fingerprint density at radius 2 is 2.09 bits per heavy atom. The van der Waals surface area contributed by atoms with E-state index in [1.807, 2.05) is 12.1 Å². The Kier molecular flexibility index (Phi) is 4.42. The Bertz CT molecular complexity index is 801. The van der Waals surface area contributed by atoms with Gasteiger partial charge < -0.3 is 5.32 Å². The maximum Gasteiger partial charge on any atom is 0.269 e. The standard InChI is InChI=1S/C17H15FN4O/c18-14-6-2-1-5-13(14)15-10-16(22-21-15)17(23)20-9-7-12-4-3-8-19-11-12/h1-6,8,10-11H,7,9H2,(H,20,23)(H,21,22). The van der Waals surface area contributed by atoms with Gasteiger partial charge in [-0.25, -0.2) is 4.39 Å². The normalized spacial score (nSPS) is 10.5. The summed E-state index contributed by atoms with van der Waals surface area (Å²) in [6.45, 7) is 0.485. The van der Waals surface area contributed by atoms with Crippen molar-refractivity contribution in [3.8, 4) is 11.3 Å². The number of pyridine rings is 1. The number of hydrogen-bond donors (Lipinski definition) is 2. The van der Waals surface area contributed by atoms with Gasteiger partial charge in [0.2, 0.25) is 0 Å². The predicted molar refractivity (Wildman–Crippen MR) is 84.3 cm³/mol. The Balaban J connectivity index is 1.62. The van der Waals surface area contributed by atoms with Crippen molar-refractivity contribution in [1.82, 2.24) is 20.5 Å². The maximum absolute atomic E-state index is 13.7. The van der Waals surface area contributed by atoms with Gasteiger partial charge in [0.05, 0.1) is 5.69 Å². The minimum atomic E-state index is -0.373. The first kappa shape index (κ1) is 14.9. The predicted octanol–water partition coefficient (Wildman–Crippen LogP) is 2.58. The van der Waals surface area contributed by atoms with Crippen LogP contribution in [0.2, 0.25) is 0 Å². The molecule has 2 aromatic heterocycles. The molecular weight excluding hydrogens is 295 g/mol. The van der Waals surface area contributed by atoms with Crippen LogP contribution in [0, 0.1) is 5.82 Å². The van der Waals surface area contributed by atoms with Gasteiger partial charge in [-0.15, -0.1) is 0 Å². The SMILES string of the molecule is O=C(NCCc1cccnc1)c1cc(-c2ccccc2F)n[nH]1. The van der Waals surface area contributed by atoms with Crippen LogP contribution in [0.25, 0.3) is 11.3 Å². The van der Waals surface area contributed by atoms with E-state index in [0.717, 1.165) is 5.56 Å². The summed E-state index contributed by atoms with van der Waals surface area (Å²) in [7, 11) is 0. The largest absolute Gasteiger partial charge is 0.350 e. The van der Waals surface area contributed by atoms with Crippen LogP contribution >= 0.6 is 0 Å². The molecule has 0 aliphatic rings. The van der Waals surface area contributed by atoms with Gasteiger partial charge in [0.15, 0.2) is 0 Å². The number of amides is 1. The van der Waals surface area contributed by atoms with E-state index < -0.39 is 0 Å². The Labute approximate surface area is 132 Å². The summed E-state index contributed by atoms with van der Waals surface area (Å²) in [5, 5.41) is 9.43. The Morgan fingerprint density at radius 3 is 2.87 bits per heavy atom. The summed E-state index contributed by atoms with van der Waals surface area (Å²) in [5.74, 6) is -0.647. The number of carbonyl (C=O) groups excluding carboxylic acids is 1. The molecule has 0 aliphatic carbocycles. The molecule has 0 saturated heterocycles. The molecule has 0 unspecified atom stereocenters. The molecule has 3 aromatic rings. The van der Waals surface area contributed by atoms with Crippen molar-refractivity contribution in [3.05, 3.63) is 71.9 Å². The lowest BCUT2D eigenvalue weighted by Gasteiger charge is -2.03. The fourth-order valence-corrected chi connectivity index (χ4v) is 2.21. The lowest BCUT2D eigenvalue weighted by atomic mass is 10.1. The monoisotopic (exact) mass is 310 g/mol. The lowest BCUT2D eigenvalue weighted by molar-refractivity contribution is 0.0949. The fraction of sp³-hybridized carbons (Fsp3) is 0.118. The van der Waals surface area contributed by atoms with Crippen molar-refractivity contribution >= 4 is 5.91 Å². The molecule has 0 saturated carbocycles. The van der Waals surface area contributed by atoms with Crippen molar-refractivity contribution in [2.75, 3.05) is 6.54 Å².